The van der Waals surface area contributed by atoms with Gasteiger partial charge in [0.2, 0.25) is 18.2 Å². The lowest BCUT2D eigenvalue weighted by molar-refractivity contribution is -0.140. The summed E-state index contributed by atoms with van der Waals surface area (Å²) in [7, 11) is 2.84. The fourth-order valence-electron chi connectivity index (χ4n) is 1.87. The number of carbonyl (C=O) groups excluding carboxylic acids is 4. The van der Waals surface area contributed by atoms with Crippen LogP contribution in [-0.4, -0.2) is 62.4 Å². The molecule has 0 aliphatic rings. The highest BCUT2D eigenvalue weighted by molar-refractivity contribution is 5.94. The van der Waals surface area contributed by atoms with Crippen molar-refractivity contribution in [2.24, 2.45) is 5.92 Å². The van der Waals surface area contributed by atoms with Crippen LogP contribution < -0.4 is 10.6 Å². The fraction of sp³-hybridized carbons (Fsp3) is 0.600. The van der Waals surface area contributed by atoms with Crippen molar-refractivity contribution >= 4 is 24.2 Å². The number of carbonyl (C=O) groups is 4. The third kappa shape index (κ3) is 7.44. The summed E-state index contributed by atoms with van der Waals surface area (Å²) in [5, 5.41) is 4.75. The number of methoxy groups -OCH3 is 1. The summed E-state index contributed by atoms with van der Waals surface area (Å²) in [6.07, 6.45) is 2.12. The average molecular weight is 327 g/mol. The first-order chi connectivity index (χ1) is 10.7. The SMILES string of the molecule is COC(=O)CNC(=O)/C(C)=C/[C@H](C(C)C)N(C)C(=O)CNC=O. The normalized spacial score (nSPS) is 12.3. The van der Waals surface area contributed by atoms with E-state index in [1.807, 2.05) is 13.8 Å². The molecule has 0 aromatic rings. The third-order valence-electron chi connectivity index (χ3n) is 3.26. The second-order valence-electron chi connectivity index (χ2n) is 5.35. The van der Waals surface area contributed by atoms with Gasteiger partial charge < -0.3 is 20.3 Å². The maximum absolute atomic E-state index is 12.0. The quantitative estimate of drug-likeness (QED) is 0.336. The molecule has 0 saturated heterocycles. The molecule has 0 aromatic heterocycles. The van der Waals surface area contributed by atoms with Gasteiger partial charge in [-0.25, -0.2) is 0 Å². The fourth-order valence-corrected chi connectivity index (χ4v) is 1.87. The van der Waals surface area contributed by atoms with Gasteiger partial charge in [0.05, 0.1) is 19.7 Å². The Morgan fingerprint density at radius 1 is 1.22 bits per heavy atom. The lowest BCUT2D eigenvalue weighted by Gasteiger charge is -2.29. The molecule has 0 rings (SSSR count). The molecule has 2 N–H and O–H groups in total. The Bertz CT molecular complexity index is 474. The van der Waals surface area contributed by atoms with E-state index in [9.17, 15) is 19.2 Å². The summed E-state index contributed by atoms with van der Waals surface area (Å²) in [6, 6.07) is -0.320. The zero-order valence-electron chi connectivity index (χ0n) is 14.2. The second kappa shape index (κ2) is 10.4. The molecule has 8 nitrogen and oxygen atoms in total. The van der Waals surface area contributed by atoms with Gasteiger partial charge in [-0.2, -0.15) is 0 Å². The molecule has 0 unspecified atom stereocenters. The van der Waals surface area contributed by atoms with Crippen molar-refractivity contribution in [2.45, 2.75) is 26.8 Å². The Morgan fingerprint density at radius 3 is 2.30 bits per heavy atom. The summed E-state index contributed by atoms with van der Waals surface area (Å²) in [4.78, 5) is 46.7. The summed E-state index contributed by atoms with van der Waals surface area (Å²) in [5.74, 6) is -1.16. The van der Waals surface area contributed by atoms with E-state index >= 15 is 0 Å². The molecule has 1 atom stereocenters. The van der Waals surface area contributed by atoms with Crippen LogP contribution in [0.4, 0.5) is 0 Å². The largest absolute Gasteiger partial charge is 0.468 e. The number of nitrogens with zero attached hydrogens (tertiary/aromatic N) is 1. The minimum Gasteiger partial charge on any atom is -0.468 e. The Kier molecular flexibility index (Phi) is 9.29. The van der Waals surface area contributed by atoms with E-state index in [2.05, 4.69) is 15.4 Å². The van der Waals surface area contributed by atoms with E-state index in [1.165, 1.54) is 12.0 Å². The Balaban J connectivity index is 4.94. The van der Waals surface area contributed by atoms with Crippen LogP contribution in [0.25, 0.3) is 0 Å². The number of hydrogen-bond donors (Lipinski definition) is 2. The van der Waals surface area contributed by atoms with Crippen molar-refractivity contribution in [1.82, 2.24) is 15.5 Å². The van der Waals surface area contributed by atoms with Crippen LogP contribution in [0, 0.1) is 5.92 Å². The number of rotatable bonds is 9. The van der Waals surface area contributed by atoms with Gasteiger partial charge in [0.25, 0.3) is 0 Å². The first kappa shape index (κ1) is 20.6. The lowest BCUT2D eigenvalue weighted by Crippen LogP contribution is -2.43. The van der Waals surface area contributed by atoms with Crippen LogP contribution in [0.2, 0.25) is 0 Å². The monoisotopic (exact) mass is 327 g/mol. The summed E-state index contributed by atoms with van der Waals surface area (Å²) in [5.41, 5.74) is 0.385. The molecule has 0 radical (unpaired) electrons. The van der Waals surface area contributed by atoms with Gasteiger partial charge in [-0.05, 0) is 12.8 Å². The molecule has 0 fully saturated rings. The molecule has 0 aromatic carbocycles. The van der Waals surface area contributed by atoms with Crippen molar-refractivity contribution in [3.8, 4) is 0 Å². The van der Waals surface area contributed by atoms with E-state index in [4.69, 9.17) is 0 Å². The molecular formula is C15H25N3O5. The highest BCUT2D eigenvalue weighted by Gasteiger charge is 2.22. The smallest absolute Gasteiger partial charge is 0.325 e. The molecule has 0 saturated carbocycles. The van der Waals surface area contributed by atoms with Gasteiger partial charge in [0, 0.05) is 12.6 Å². The van der Waals surface area contributed by atoms with Crippen LogP contribution in [0.1, 0.15) is 20.8 Å². The second-order valence-corrected chi connectivity index (χ2v) is 5.35. The number of hydrogen-bond acceptors (Lipinski definition) is 5. The number of nitrogens with one attached hydrogen (secondary N) is 2. The number of esters is 1. The van der Waals surface area contributed by atoms with Crippen molar-refractivity contribution in [2.75, 3.05) is 27.2 Å². The highest BCUT2D eigenvalue weighted by Crippen LogP contribution is 2.13. The maximum atomic E-state index is 12.0. The maximum Gasteiger partial charge on any atom is 0.325 e. The zero-order chi connectivity index (χ0) is 18.0. The number of ether oxygens (including phenoxy) is 1. The molecule has 130 valence electrons. The Morgan fingerprint density at radius 2 is 1.83 bits per heavy atom. The van der Waals surface area contributed by atoms with E-state index in [-0.39, 0.29) is 31.0 Å². The predicted octanol–water partition coefficient (Wildman–Crippen LogP) is -0.549. The molecule has 3 amide bonds. The third-order valence-corrected chi connectivity index (χ3v) is 3.26. The van der Waals surface area contributed by atoms with Crippen LogP contribution in [0.5, 0.6) is 0 Å². The molecule has 0 aliphatic heterocycles. The van der Waals surface area contributed by atoms with E-state index in [0.29, 0.717) is 12.0 Å². The molecule has 8 heteroatoms. The Hall–Kier alpha value is -2.38. The first-order valence-corrected chi connectivity index (χ1v) is 7.20. The predicted molar refractivity (Wildman–Crippen MR) is 84.2 cm³/mol. The first-order valence-electron chi connectivity index (χ1n) is 7.20. The van der Waals surface area contributed by atoms with Gasteiger partial charge in [-0.3, -0.25) is 19.2 Å². The van der Waals surface area contributed by atoms with Gasteiger partial charge in [-0.1, -0.05) is 19.9 Å². The topological polar surface area (TPSA) is 105 Å². The summed E-state index contributed by atoms with van der Waals surface area (Å²) < 4.78 is 4.45. The zero-order valence-corrected chi connectivity index (χ0v) is 14.2. The standard InChI is InChI=1S/C15H25N3O5/c1-10(2)12(18(4)13(20)7-16-9-19)6-11(3)15(22)17-8-14(21)23-5/h6,9-10,12H,7-8H2,1-5H3,(H,16,19)(H,17,22)/b11-6+/t12-/m1/s1. The molecule has 0 aliphatic carbocycles. The molecule has 0 heterocycles. The van der Waals surface area contributed by atoms with Crippen molar-refractivity contribution in [3.63, 3.8) is 0 Å². The van der Waals surface area contributed by atoms with Gasteiger partial charge >= 0.3 is 5.97 Å². The van der Waals surface area contributed by atoms with Crippen LogP contribution >= 0.6 is 0 Å². The van der Waals surface area contributed by atoms with Crippen molar-refractivity contribution < 1.29 is 23.9 Å². The van der Waals surface area contributed by atoms with E-state index < -0.39 is 11.9 Å². The molecule has 0 spiro atoms. The minimum atomic E-state index is -0.543. The van der Waals surface area contributed by atoms with Crippen molar-refractivity contribution in [3.05, 3.63) is 11.6 Å². The highest BCUT2D eigenvalue weighted by atomic mass is 16.5. The number of likely N-dealkylation sites (N-methyl/N-ethyl adjacent to an activating group) is 1. The molecule has 23 heavy (non-hydrogen) atoms. The molecule has 0 bridgehead atoms. The summed E-state index contributed by atoms with van der Waals surface area (Å²) in [6.45, 7) is 5.11. The Labute approximate surface area is 136 Å². The van der Waals surface area contributed by atoms with Crippen molar-refractivity contribution in [1.29, 1.82) is 0 Å². The van der Waals surface area contributed by atoms with Gasteiger partial charge in [-0.15, -0.1) is 0 Å². The lowest BCUT2D eigenvalue weighted by atomic mass is 10.00. The minimum absolute atomic E-state index is 0.0588. The number of amides is 3. The van der Waals surface area contributed by atoms with Crippen LogP contribution in [0.3, 0.4) is 0 Å². The van der Waals surface area contributed by atoms with E-state index in [1.54, 1.807) is 20.0 Å². The van der Waals surface area contributed by atoms with Crippen LogP contribution in [-0.2, 0) is 23.9 Å². The van der Waals surface area contributed by atoms with Gasteiger partial charge in [0.15, 0.2) is 0 Å². The average Bonchev–Trinajstić information content (AvgIpc) is 2.53. The van der Waals surface area contributed by atoms with E-state index in [0.717, 1.165) is 0 Å². The van der Waals surface area contributed by atoms with Crippen LogP contribution in [0.15, 0.2) is 11.6 Å². The van der Waals surface area contributed by atoms with Gasteiger partial charge in [0.1, 0.15) is 6.54 Å². The molecular weight excluding hydrogens is 302 g/mol. The summed E-state index contributed by atoms with van der Waals surface area (Å²) >= 11 is 0.